The molecule has 2 N–H and O–H groups in total. The maximum Gasteiger partial charge on any atom is 0.0672 e. The summed E-state index contributed by atoms with van der Waals surface area (Å²) >= 11 is 0. The highest BCUT2D eigenvalue weighted by atomic mass is 15.2. The van der Waals surface area contributed by atoms with Gasteiger partial charge in [-0.3, -0.25) is 4.90 Å². The van der Waals surface area contributed by atoms with Crippen LogP contribution >= 0.6 is 0 Å². The monoisotopic (exact) mass is 195 g/mol. The Morgan fingerprint density at radius 1 is 1.43 bits per heavy atom. The minimum atomic E-state index is 0.0500. The quantitative estimate of drug-likeness (QED) is 0.765. The molecule has 0 aromatic carbocycles. The lowest BCUT2D eigenvalue weighted by molar-refractivity contribution is 0.174. The zero-order valence-corrected chi connectivity index (χ0v) is 9.76. The molecule has 0 aliphatic heterocycles. The molecule has 0 fully saturated rings. The number of hydrogen-bond donors (Lipinski definition) is 2. The smallest absolute Gasteiger partial charge is 0.0672 e. The van der Waals surface area contributed by atoms with Crippen LogP contribution < -0.4 is 5.32 Å². The molecule has 0 spiro atoms. The summed E-state index contributed by atoms with van der Waals surface area (Å²) in [4.78, 5) is 5.50. The van der Waals surface area contributed by atoms with E-state index in [9.17, 15) is 0 Å². The largest absolute Gasteiger partial charge is 0.364 e. The summed E-state index contributed by atoms with van der Waals surface area (Å²) < 4.78 is 0. The predicted molar refractivity (Wildman–Crippen MR) is 60.4 cm³/mol. The van der Waals surface area contributed by atoms with E-state index in [1.807, 2.05) is 19.3 Å². The van der Waals surface area contributed by atoms with Crippen molar-refractivity contribution in [2.24, 2.45) is 0 Å². The van der Waals surface area contributed by atoms with Gasteiger partial charge in [0.1, 0.15) is 0 Å². The van der Waals surface area contributed by atoms with Gasteiger partial charge in [0.2, 0.25) is 0 Å². The molecule has 0 saturated heterocycles. The fraction of sp³-hybridized carbons (Fsp3) is 0.636. The summed E-state index contributed by atoms with van der Waals surface area (Å²) in [7, 11) is 6.20. The van der Waals surface area contributed by atoms with Crippen molar-refractivity contribution < 1.29 is 0 Å². The van der Waals surface area contributed by atoms with Crippen molar-refractivity contribution in [3.8, 4) is 0 Å². The Balaban J connectivity index is 2.97. The van der Waals surface area contributed by atoms with Crippen molar-refractivity contribution in [1.29, 1.82) is 0 Å². The third kappa shape index (κ3) is 2.16. The second-order valence-electron chi connectivity index (χ2n) is 4.46. The van der Waals surface area contributed by atoms with Gasteiger partial charge in [-0.1, -0.05) is 0 Å². The van der Waals surface area contributed by atoms with Crippen LogP contribution in [0.15, 0.2) is 18.3 Å². The maximum absolute atomic E-state index is 3.35. The van der Waals surface area contributed by atoms with E-state index in [1.165, 1.54) is 5.69 Å². The van der Waals surface area contributed by atoms with Crippen LogP contribution in [0.5, 0.6) is 0 Å². The first kappa shape index (κ1) is 11.3. The molecule has 1 rings (SSSR count). The first-order valence-corrected chi connectivity index (χ1v) is 4.97. The summed E-state index contributed by atoms with van der Waals surface area (Å²) in [5, 5.41) is 3.35. The van der Waals surface area contributed by atoms with Crippen molar-refractivity contribution in [1.82, 2.24) is 15.2 Å². The lowest BCUT2D eigenvalue weighted by Crippen LogP contribution is -2.48. The lowest BCUT2D eigenvalue weighted by Gasteiger charge is -2.38. The van der Waals surface area contributed by atoms with Crippen molar-refractivity contribution in [3.63, 3.8) is 0 Å². The zero-order valence-electron chi connectivity index (χ0n) is 9.76. The molecular weight excluding hydrogens is 174 g/mol. The van der Waals surface area contributed by atoms with Crippen LogP contribution in [0.1, 0.15) is 25.6 Å². The van der Waals surface area contributed by atoms with Crippen molar-refractivity contribution >= 4 is 0 Å². The number of H-pyrrole nitrogens is 1. The summed E-state index contributed by atoms with van der Waals surface area (Å²) in [5.41, 5.74) is 1.29. The Hall–Kier alpha value is -0.800. The molecule has 0 aliphatic carbocycles. The maximum atomic E-state index is 3.35. The van der Waals surface area contributed by atoms with Gasteiger partial charge in [0, 0.05) is 17.4 Å². The minimum absolute atomic E-state index is 0.0500. The highest BCUT2D eigenvalue weighted by molar-refractivity contribution is 5.14. The summed E-state index contributed by atoms with van der Waals surface area (Å²) in [6, 6.07) is 4.52. The fourth-order valence-corrected chi connectivity index (χ4v) is 1.96. The van der Waals surface area contributed by atoms with Crippen LogP contribution in [0.2, 0.25) is 0 Å². The van der Waals surface area contributed by atoms with Crippen LogP contribution in [0.3, 0.4) is 0 Å². The number of aromatic amines is 1. The average Bonchev–Trinajstić information content (AvgIpc) is 2.56. The van der Waals surface area contributed by atoms with Crippen LogP contribution in [-0.4, -0.2) is 36.6 Å². The predicted octanol–water partition coefficient (Wildman–Crippen LogP) is 1.62. The molecule has 1 unspecified atom stereocenters. The molecule has 0 saturated carbocycles. The molecule has 1 heterocycles. The standard InChI is InChI=1S/C11H21N3/c1-11(2,12-3)10(14(4)5)9-7-6-8-13-9/h6-8,10,12-13H,1-5H3. The van der Waals surface area contributed by atoms with Crippen molar-refractivity contribution in [2.75, 3.05) is 21.1 Å². The molecule has 0 radical (unpaired) electrons. The van der Waals surface area contributed by atoms with Gasteiger partial charge in [-0.25, -0.2) is 0 Å². The molecule has 1 aromatic heterocycles. The SMILES string of the molecule is CNC(C)(C)C(c1ccc[nH]1)N(C)C. The van der Waals surface area contributed by atoms with Crippen LogP contribution in [0.25, 0.3) is 0 Å². The van der Waals surface area contributed by atoms with Crippen molar-refractivity contribution in [2.45, 2.75) is 25.4 Å². The van der Waals surface area contributed by atoms with Gasteiger partial charge in [-0.2, -0.15) is 0 Å². The van der Waals surface area contributed by atoms with Crippen LogP contribution in [0.4, 0.5) is 0 Å². The van der Waals surface area contributed by atoms with E-state index in [2.05, 4.69) is 49.2 Å². The first-order valence-electron chi connectivity index (χ1n) is 4.97. The number of nitrogens with one attached hydrogen (secondary N) is 2. The van der Waals surface area contributed by atoms with E-state index in [4.69, 9.17) is 0 Å². The molecular formula is C11H21N3. The number of rotatable bonds is 4. The van der Waals surface area contributed by atoms with E-state index in [0.29, 0.717) is 6.04 Å². The third-order valence-corrected chi connectivity index (χ3v) is 2.76. The number of hydrogen-bond acceptors (Lipinski definition) is 2. The van der Waals surface area contributed by atoms with Crippen molar-refractivity contribution in [3.05, 3.63) is 24.0 Å². The van der Waals surface area contributed by atoms with Gasteiger partial charge in [-0.05, 0) is 47.1 Å². The van der Waals surface area contributed by atoms with Crippen LogP contribution in [0, 0.1) is 0 Å². The first-order chi connectivity index (χ1) is 6.49. The van der Waals surface area contributed by atoms with E-state index < -0.39 is 0 Å². The van der Waals surface area contributed by atoms with Gasteiger partial charge in [-0.15, -0.1) is 0 Å². The van der Waals surface area contributed by atoms with Gasteiger partial charge in [0.15, 0.2) is 0 Å². The van der Waals surface area contributed by atoms with E-state index in [0.717, 1.165) is 0 Å². The van der Waals surface area contributed by atoms with E-state index in [-0.39, 0.29) is 5.54 Å². The molecule has 3 nitrogen and oxygen atoms in total. The molecule has 1 aromatic rings. The highest BCUT2D eigenvalue weighted by Gasteiger charge is 2.31. The molecule has 80 valence electrons. The Morgan fingerprint density at radius 3 is 2.43 bits per heavy atom. The second kappa shape index (κ2) is 4.15. The van der Waals surface area contributed by atoms with E-state index in [1.54, 1.807) is 0 Å². The highest BCUT2D eigenvalue weighted by Crippen LogP contribution is 2.28. The number of nitrogens with zero attached hydrogens (tertiary/aromatic N) is 1. The average molecular weight is 195 g/mol. The zero-order chi connectivity index (χ0) is 10.8. The van der Waals surface area contributed by atoms with Gasteiger partial charge < -0.3 is 10.3 Å². The summed E-state index contributed by atoms with van der Waals surface area (Å²) in [5.74, 6) is 0. The molecule has 0 aliphatic rings. The fourth-order valence-electron chi connectivity index (χ4n) is 1.96. The Labute approximate surface area is 86.5 Å². The summed E-state index contributed by atoms with van der Waals surface area (Å²) in [6.07, 6.45) is 1.97. The van der Waals surface area contributed by atoms with Gasteiger partial charge in [0.05, 0.1) is 6.04 Å². The van der Waals surface area contributed by atoms with Gasteiger partial charge in [0.25, 0.3) is 0 Å². The molecule has 14 heavy (non-hydrogen) atoms. The Bertz CT molecular complexity index is 262. The normalized spacial score (nSPS) is 14.7. The number of likely N-dealkylation sites (N-methyl/N-ethyl adjacent to an activating group) is 2. The van der Waals surface area contributed by atoms with E-state index >= 15 is 0 Å². The van der Waals surface area contributed by atoms with Crippen LogP contribution in [-0.2, 0) is 0 Å². The lowest BCUT2D eigenvalue weighted by atomic mass is 9.91. The topological polar surface area (TPSA) is 31.1 Å². The number of aromatic nitrogens is 1. The molecule has 3 heteroatoms. The molecule has 1 atom stereocenters. The second-order valence-corrected chi connectivity index (χ2v) is 4.46. The van der Waals surface area contributed by atoms with Gasteiger partial charge >= 0.3 is 0 Å². The minimum Gasteiger partial charge on any atom is -0.364 e. The molecule has 0 amide bonds. The third-order valence-electron chi connectivity index (χ3n) is 2.76. The Morgan fingerprint density at radius 2 is 2.07 bits per heavy atom. The Kier molecular flexibility index (Phi) is 3.34. The summed E-state index contributed by atoms with van der Waals surface area (Å²) in [6.45, 7) is 4.41. The molecule has 0 bridgehead atoms.